The Labute approximate surface area is 122 Å². The second kappa shape index (κ2) is 4.56. The van der Waals surface area contributed by atoms with Crippen molar-refractivity contribution in [2.75, 3.05) is 4.90 Å². The largest absolute Gasteiger partial charge is 0.426 e. The van der Waals surface area contributed by atoms with Gasteiger partial charge in [0.2, 0.25) is 17.7 Å². The van der Waals surface area contributed by atoms with E-state index >= 15 is 0 Å². The van der Waals surface area contributed by atoms with Crippen molar-refractivity contribution in [3.05, 3.63) is 27.7 Å². The number of amides is 2. The molecule has 0 aliphatic carbocycles. The van der Waals surface area contributed by atoms with Crippen LogP contribution in [0.25, 0.3) is 11.1 Å². The summed E-state index contributed by atoms with van der Waals surface area (Å²) in [6.45, 7) is 1.21. The lowest BCUT2D eigenvalue weighted by Crippen LogP contribution is -2.29. The van der Waals surface area contributed by atoms with Gasteiger partial charge in [-0.1, -0.05) is 11.6 Å². The third kappa shape index (κ3) is 1.97. The number of carbonyl (C=O) groups excluding carboxylic acids is 3. The summed E-state index contributed by atoms with van der Waals surface area (Å²) in [5, 5.41) is 0.0931. The second-order valence-electron chi connectivity index (χ2n) is 4.62. The van der Waals surface area contributed by atoms with Crippen LogP contribution in [0.4, 0.5) is 5.69 Å². The normalized spacial score (nSPS) is 15.2. The van der Waals surface area contributed by atoms with E-state index in [0.29, 0.717) is 0 Å². The maximum Gasteiger partial charge on any atom is 0.426 e. The molecule has 0 atom stereocenters. The van der Waals surface area contributed by atoms with Gasteiger partial charge in [-0.3, -0.25) is 14.4 Å². The molecular weight excluding hydrogens is 300 g/mol. The van der Waals surface area contributed by atoms with E-state index in [2.05, 4.69) is 0 Å². The highest BCUT2D eigenvalue weighted by Crippen LogP contribution is 2.33. The molecule has 3 rings (SSSR count). The first-order valence-electron chi connectivity index (χ1n) is 6.12. The van der Waals surface area contributed by atoms with Gasteiger partial charge in [0.15, 0.2) is 5.58 Å². The molecule has 1 saturated heterocycles. The van der Waals surface area contributed by atoms with Crippen molar-refractivity contribution in [2.24, 2.45) is 0 Å². The first-order valence-corrected chi connectivity index (χ1v) is 6.50. The molecule has 21 heavy (non-hydrogen) atoms. The summed E-state index contributed by atoms with van der Waals surface area (Å²) in [5.41, 5.74) is 0.426. The molecule has 0 unspecified atom stereocenters. The van der Waals surface area contributed by atoms with Crippen LogP contribution in [0.5, 0.6) is 0 Å². The summed E-state index contributed by atoms with van der Waals surface area (Å²) in [6, 6.07) is 2.65. The van der Waals surface area contributed by atoms with Crippen LogP contribution >= 0.6 is 11.6 Å². The molecule has 0 radical (unpaired) electrons. The Balaban J connectivity index is 2.29. The molecule has 108 valence electrons. The van der Waals surface area contributed by atoms with Crippen molar-refractivity contribution in [1.29, 1.82) is 0 Å². The topological polar surface area (TPSA) is 89.6 Å². The molecule has 2 amide bonds. The molecule has 1 aliphatic rings. The fourth-order valence-electron chi connectivity index (χ4n) is 2.34. The summed E-state index contributed by atoms with van der Waals surface area (Å²) < 4.78 is 5.75. The molecule has 0 spiro atoms. The van der Waals surface area contributed by atoms with Gasteiger partial charge < -0.3 is 4.42 Å². The van der Waals surface area contributed by atoms with Crippen molar-refractivity contribution in [3.63, 3.8) is 0 Å². The van der Waals surface area contributed by atoms with Crippen LogP contribution in [0.15, 0.2) is 21.3 Å². The van der Waals surface area contributed by atoms with Gasteiger partial charge in [-0.05, 0) is 6.07 Å². The zero-order valence-corrected chi connectivity index (χ0v) is 11.6. The monoisotopic (exact) mass is 308 g/mol. The van der Waals surface area contributed by atoms with Gasteiger partial charge in [-0.25, -0.2) is 14.3 Å². The minimum absolute atomic E-state index is 0.0931. The molecule has 0 bridgehead atoms. The zero-order valence-electron chi connectivity index (χ0n) is 10.9. The average Bonchev–Trinajstić information content (AvgIpc) is 2.88. The molecule has 0 N–H and O–H groups in total. The van der Waals surface area contributed by atoms with E-state index < -0.39 is 11.7 Å². The summed E-state index contributed by atoms with van der Waals surface area (Å²) in [6.07, 6.45) is 0.218. The first kappa shape index (κ1) is 13.6. The van der Waals surface area contributed by atoms with Crippen LogP contribution in [0.2, 0.25) is 5.02 Å². The number of carbonyl (C=O) groups is 3. The number of hydrogen-bond acceptors (Lipinski definition) is 5. The highest BCUT2D eigenvalue weighted by molar-refractivity contribution is 6.36. The average molecular weight is 309 g/mol. The van der Waals surface area contributed by atoms with E-state index in [4.69, 9.17) is 16.0 Å². The predicted molar refractivity (Wildman–Crippen MR) is 73.5 cm³/mol. The molecule has 1 aromatic heterocycles. The summed E-state index contributed by atoms with van der Waals surface area (Å²) >= 11 is 6.05. The quantitative estimate of drug-likeness (QED) is 0.746. The van der Waals surface area contributed by atoms with Gasteiger partial charge >= 0.3 is 5.76 Å². The van der Waals surface area contributed by atoms with Crippen LogP contribution < -0.4 is 10.7 Å². The van der Waals surface area contributed by atoms with E-state index in [0.717, 1.165) is 9.47 Å². The van der Waals surface area contributed by atoms with Crippen LogP contribution in [-0.4, -0.2) is 22.3 Å². The Morgan fingerprint density at radius 1 is 1.19 bits per heavy atom. The standard InChI is InChI=1S/C13H9ClN2O5/c1-6(17)15-9-5-8(16-11(18)2-3-12(16)19)7(14)4-10(9)21-13(15)20/h4-5H,2-3H2,1H3. The molecule has 8 heteroatoms. The summed E-state index contributed by atoms with van der Waals surface area (Å²) in [7, 11) is 0. The molecule has 1 fully saturated rings. The first-order chi connectivity index (χ1) is 9.90. The van der Waals surface area contributed by atoms with Crippen molar-refractivity contribution in [3.8, 4) is 0 Å². The third-order valence-corrected chi connectivity index (χ3v) is 3.56. The Hall–Kier alpha value is -2.41. The number of rotatable bonds is 1. The number of anilines is 1. The fourth-order valence-corrected chi connectivity index (χ4v) is 2.58. The van der Waals surface area contributed by atoms with Gasteiger partial charge in [0.25, 0.3) is 0 Å². The van der Waals surface area contributed by atoms with Gasteiger partial charge in [0, 0.05) is 25.8 Å². The molecule has 1 aliphatic heterocycles. The Morgan fingerprint density at radius 3 is 2.38 bits per heavy atom. The lowest BCUT2D eigenvalue weighted by Gasteiger charge is -2.15. The number of nitrogens with zero attached hydrogens (tertiary/aromatic N) is 2. The molecule has 2 heterocycles. The predicted octanol–water partition coefficient (Wildman–Crippen LogP) is 1.56. The molecule has 0 saturated carbocycles. The molecular formula is C13H9ClN2O5. The second-order valence-corrected chi connectivity index (χ2v) is 5.02. The number of oxazole rings is 1. The Kier molecular flexibility index (Phi) is 2.94. The maximum atomic E-state index is 11.8. The van der Waals surface area contributed by atoms with Crippen molar-refractivity contribution in [2.45, 2.75) is 19.8 Å². The molecule has 2 aromatic rings. The number of halogens is 1. The Morgan fingerprint density at radius 2 is 1.81 bits per heavy atom. The van der Waals surface area contributed by atoms with E-state index in [1.807, 2.05) is 0 Å². The SMILES string of the molecule is CC(=O)n1c(=O)oc2cc(Cl)c(N3C(=O)CCC3=O)cc21. The van der Waals surface area contributed by atoms with Gasteiger partial charge in [0.05, 0.1) is 10.7 Å². The Bertz CT molecular complexity index is 847. The van der Waals surface area contributed by atoms with Crippen LogP contribution in [0, 0.1) is 0 Å². The zero-order chi connectivity index (χ0) is 15.3. The lowest BCUT2D eigenvalue weighted by atomic mass is 10.2. The van der Waals surface area contributed by atoms with Crippen LogP contribution in [0.3, 0.4) is 0 Å². The lowest BCUT2D eigenvalue weighted by molar-refractivity contribution is -0.121. The molecule has 1 aromatic carbocycles. The molecule has 7 nitrogen and oxygen atoms in total. The maximum absolute atomic E-state index is 11.8. The fraction of sp³-hybridized carbons (Fsp3) is 0.231. The van der Waals surface area contributed by atoms with Crippen molar-refractivity contribution in [1.82, 2.24) is 4.57 Å². The smallest absolute Gasteiger partial charge is 0.407 e. The highest BCUT2D eigenvalue weighted by Gasteiger charge is 2.32. The van der Waals surface area contributed by atoms with E-state index in [1.54, 1.807) is 0 Å². The number of fused-ring (bicyclic) bond motifs is 1. The number of benzene rings is 1. The van der Waals surface area contributed by atoms with E-state index in [-0.39, 0.29) is 46.5 Å². The summed E-state index contributed by atoms with van der Waals surface area (Å²) in [4.78, 5) is 47.7. The van der Waals surface area contributed by atoms with E-state index in [1.165, 1.54) is 19.1 Å². The summed E-state index contributed by atoms with van der Waals surface area (Å²) in [5.74, 6) is -2.13. The number of imide groups is 1. The number of aromatic nitrogens is 1. The van der Waals surface area contributed by atoms with Crippen molar-refractivity contribution < 1.29 is 18.8 Å². The minimum atomic E-state index is -0.843. The van der Waals surface area contributed by atoms with Gasteiger partial charge in [-0.2, -0.15) is 0 Å². The van der Waals surface area contributed by atoms with Gasteiger partial charge in [0.1, 0.15) is 5.52 Å². The minimum Gasteiger partial charge on any atom is -0.407 e. The van der Waals surface area contributed by atoms with Crippen LogP contribution in [0.1, 0.15) is 24.6 Å². The van der Waals surface area contributed by atoms with Gasteiger partial charge in [-0.15, -0.1) is 0 Å². The van der Waals surface area contributed by atoms with Crippen molar-refractivity contribution >= 4 is 46.1 Å². The van der Waals surface area contributed by atoms with E-state index in [9.17, 15) is 19.2 Å². The highest BCUT2D eigenvalue weighted by atomic mass is 35.5. The van der Waals surface area contributed by atoms with Crippen LogP contribution in [-0.2, 0) is 9.59 Å². The third-order valence-electron chi connectivity index (χ3n) is 3.26. The number of hydrogen-bond donors (Lipinski definition) is 0.